The van der Waals surface area contributed by atoms with E-state index in [4.69, 9.17) is 11.6 Å². The van der Waals surface area contributed by atoms with Crippen LogP contribution in [0.25, 0.3) is 6.08 Å². The minimum absolute atomic E-state index is 0.209. The number of phenols is 2. The van der Waals surface area contributed by atoms with Crippen molar-refractivity contribution < 1.29 is 15.0 Å². The average molecular weight is 361 g/mol. The van der Waals surface area contributed by atoms with Gasteiger partial charge in [0, 0.05) is 5.02 Å². The Labute approximate surface area is 147 Å². The highest BCUT2D eigenvalue weighted by Gasteiger charge is 2.24. The van der Waals surface area contributed by atoms with E-state index in [9.17, 15) is 15.0 Å². The van der Waals surface area contributed by atoms with Gasteiger partial charge in [0.25, 0.3) is 5.91 Å². The van der Waals surface area contributed by atoms with Gasteiger partial charge in [0.15, 0.2) is 16.7 Å². The third kappa shape index (κ3) is 3.39. The number of halogens is 1. The number of aromatic hydroxyl groups is 2. The van der Waals surface area contributed by atoms with Crippen molar-refractivity contribution >= 4 is 46.2 Å². The number of hydrogen-bond donors (Lipinski definition) is 3. The molecular formula is C17H13ClN2O3S. The van der Waals surface area contributed by atoms with Gasteiger partial charge in [-0.1, -0.05) is 23.7 Å². The Hall–Kier alpha value is -2.44. The number of carbonyl (C=O) groups excluding carboxylic acids is 1. The number of phenolic OH excluding ortho intramolecular Hbond substituents is 2. The zero-order valence-electron chi connectivity index (χ0n) is 12.6. The molecule has 0 aliphatic carbocycles. The van der Waals surface area contributed by atoms with E-state index in [1.165, 1.54) is 23.9 Å². The summed E-state index contributed by atoms with van der Waals surface area (Å²) in [6.45, 7) is 1.86. The van der Waals surface area contributed by atoms with Gasteiger partial charge in [0.1, 0.15) is 0 Å². The first-order valence-corrected chi connectivity index (χ1v) is 8.20. The normalized spacial score (nSPS) is 17.5. The van der Waals surface area contributed by atoms with Crippen LogP contribution >= 0.6 is 23.4 Å². The van der Waals surface area contributed by atoms with Crippen LogP contribution in [0, 0.1) is 6.92 Å². The van der Waals surface area contributed by atoms with Gasteiger partial charge < -0.3 is 15.5 Å². The summed E-state index contributed by atoms with van der Waals surface area (Å²) in [5.41, 5.74) is 2.12. The second-order valence-electron chi connectivity index (χ2n) is 5.11. The van der Waals surface area contributed by atoms with Crippen molar-refractivity contribution in [1.82, 2.24) is 5.32 Å². The van der Waals surface area contributed by atoms with Crippen LogP contribution in [-0.2, 0) is 4.79 Å². The maximum atomic E-state index is 12.1. The number of amidine groups is 1. The molecule has 1 aliphatic rings. The molecule has 1 heterocycles. The number of carbonyl (C=O) groups is 1. The van der Waals surface area contributed by atoms with E-state index in [0.717, 1.165) is 5.56 Å². The molecule has 3 N–H and O–H groups in total. The van der Waals surface area contributed by atoms with Gasteiger partial charge >= 0.3 is 0 Å². The number of rotatable bonds is 2. The standard InChI is InChI=1S/C17H13ClN2O3S/c1-9-11(18)3-2-4-12(9)19-17-20-16(23)15(24-17)8-10-5-6-13(21)14(22)7-10/h2-8,21-22H,1H3,(H,19,20,23)/b15-8-. The SMILES string of the molecule is Cc1c(Cl)cccc1N=C1NC(=O)/C(=C/c2ccc(O)c(O)c2)S1. The van der Waals surface area contributed by atoms with Crippen LogP contribution in [0.2, 0.25) is 5.02 Å². The summed E-state index contributed by atoms with van der Waals surface area (Å²) in [7, 11) is 0. The lowest BCUT2D eigenvalue weighted by Crippen LogP contribution is -2.19. The minimum atomic E-state index is -0.272. The minimum Gasteiger partial charge on any atom is -0.504 e. The molecule has 122 valence electrons. The lowest BCUT2D eigenvalue weighted by Gasteiger charge is -2.02. The van der Waals surface area contributed by atoms with Crippen molar-refractivity contribution in [1.29, 1.82) is 0 Å². The number of hydrogen-bond acceptors (Lipinski definition) is 5. The van der Waals surface area contributed by atoms with Gasteiger partial charge in [-0.25, -0.2) is 4.99 Å². The van der Waals surface area contributed by atoms with Gasteiger partial charge in [0.05, 0.1) is 10.6 Å². The molecule has 2 aromatic rings. The number of thioether (sulfide) groups is 1. The fraction of sp³-hybridized carbons (Fsp3) is 0.0588. The lowest BCUT2D eigenvalue weighted by molar-refractivity contribution is -0.115. The average Bonchev–Trinajstić information content (AvgIpc) is 2.87. The van der Waals surface area contributed by atoms with Crippen molar-refractivity contribution in [2.24, 2.45) is 4.99 Å². The van der Waals surface area contributed by atoms with E-state index in [0.29, 0.717) is 26.3 Å². The predicted molar refractivity (Wildman–Crippen MR) is 96.8 cm³/mol. The highest BCUT2D eigenvalue weighted by Crippen LogP contribution is 2.32. The fourth-order valence-corrected chi connectivity index (χ4v) is 3.09. The molecule has 3 rings (SSSR count). The number of nitrogens with one attached hydrogen (secondary N) is 1. The lowest BCUT2D eigenvalue weighted by atomic mass is 10.2. The Balaban J connectivity index is 1.88. The molecule has 0 spiro atoms. The van der Waals surface area contributed by atoms with Crippen molar-refractivity contribution in [3.05, 3.63) is 57.5 Å². The predicted octanol–water partition coefficient (Wildman–Crippen LogP) is 3.95. The molecule has 1 saturated heterocycles. The van der Waals surface area contributed by atoms with Crippen LogP contribution in [0.4, 0.5) is 5.69 Å². The summed E-state index contributed by atoms with van der Waals surface area (Å²) < 4.78 is 0. The molecule has 0 atom stereocenters. The van der Waals surface area contributed by atoms with Crippen LogP contribution in [0.3, 0.4) is 0 Å². The van der Waals surface area contributed by atoms with Crippen LogP contribution in [0.15, 0.2) is 46.3 Å². The maximum absolute atomic E-state index is 12.1. The van der Waals surface area contributed by atoms with E-state index in [2.05, 4.69) is 10.3 Å². The molecule has 0 saturated carbocycles. The van der Waals surface area contributed by atoms with Gasteiger partial charge in [-0.15, -0.1) is 0 Å². The van der Waals surface area contributed by atoms with Crippen LogP contribution < -0.4 is 5.32 Å². The molecule has 0 aromatic heterocycles. The Kier molecular flexibility index (Phi) is 4.51. The zero-order chi connectivity index (χ0) is 17.3. The van der Waals surface area contributed by atoms with Crippen LogP contribution in [0.1, 0.15) is 11.1 Å². The zero-order valence-corrected chi connectivity index (χ0v) is 14.1. The molecule has 5 nitrogen and oxygen atoms in total. The summed E-state index contributed by atoms with van der Waals surface area (Å²) >= 11 is 7.27. The van der Waals surface area contributed by atoms with E-state index in [1.54, 1.807) is 24.3 Å². The summed E-state index contributed by atoms with van der Waals surface area (Å²) in [6, 6.07) is 9.75. The number of aliphatic imine (C=N–C) groups is 1. The molecule has 0 bridgehead atoms. The molecule has 24 heavy (non-hydrogen) atoms. The van der Waals surface area contributed by atoms with Crippen LogP contribution in [-0.4, -0.2) is 21.3 Å². The number of benzene rings is 2. The molecular weight excluding hydrogens is 348 g/mol. The molecule has 1 amide bonds. The van der Waals surface area contributed by atoms with Gasteiger partial charge in [-0.05, 0) is 60.2 Å². The first-order chi connectivity index (χ1) is 11.4. The monoisotopic (exact) mass is 360 g/mol. The Bertz CT molecular complexity index is 893. The van der Waals surface area contributed by atoms with Crippen molar-refractivity contribution in [2.45, 2.75) is 6.92 Å². The van der Waals surface area contributed by atoms with Crippen molar-refractivity contribution in [3.63, 3.8) is 0 Å². The Morgan fingerprint density at radius 1 is 1.21 bits per heavy atom. The largest absolute Gasteiger partial charge is 0.504 e. The van der Waals surface area contributed by atoms with Gasteiger partial charge in [-0.2, -0.15) is 0 Å². The third-order valence-corrected chi connectivity index (χ3v) is 4.73. The molecule has 2 aromatic carbocycles. The van der Waals surface area contributed by atoms with Gasteiger partial charge in [-0.3, -0.25) is 4.79 Å². The first-order valence-electron chi connectivity index (χ1n) is 7.01. The first kappa shape index (κ1) is 16.4. The van der Waals surface area contributed by atoms with E-state index >= 15 is 0 Å². The highest BCUT2D eigenvalue weighted by molar-refractivity contribution is 8.18. The highest BCUT2D eigenvalue weighted by atomic mass is 35.5. The summed E-state index contributed by atoms with van der Waals surface area (Å²) in [5, 5.41) is 22.6. The summed E-state index contributed by atoms with van der Waals surface area (Å²) in [5.74, 6) is -0.721. The van der Waals surface area contributed by atoms with Crippen LogP contribution in [0.5, 0.6) is 11.5 Å². The quantitative estimate of drug-likeness (QED) is 0.559. The number of amides is 1. The van der Waals surface area contributed by atoms with E-state index in [1.807, 2.05) is 13.0 Å². The fourth-order valence-electron chi connectivity index (χ4n) is 2.09. The Morgan fingerprint density at radius 2 is 2.00 bits per heavy atom. The Morgan fingerprint density at radius 3 is 2.75 bits per heavy atom. The van der Waals surface area contributed by atoms with Crippen molar-refractivity contribution in [2.75, 3.05) is 0 Å². The van der Waals surface area contributed by atoms with E-state index < -0.39 is 0 Å². The molecule has 7 heteroatoms. The van der Waals surface area contributed by atoms with E-state index in [-0.39, 0.29) is 17.4 Å². The van der Waals surface area contributed by atoms with Crippen molar-refractivity contribution in [3.8, 4) is 11.5 Å². The second-order valence-corrected chi connectivity index (χ2v) is 6.55. The summed E-state index contributed by atoms with van der Waals surface area (Å²) in [4.78, 5) is 16.9. The summed E-state index contributed by atoms with van der Waals surface area (Å²) in [6.07, 6.45) is 1.62. The molecule has 1 aliphatic heterocycles. The second kappa shape index (κ2) is 6.59. The molecule has 1 fully saturated rings. The topological polar surface area (TPSA) is 81.9 Å². The molecule has 0 radical (unpaired) electrons. The molecule has 0 unspecified atom stereocenters. The third-order valence-electron chi connectivity index (χ3n) is 3.41. The smallest absolute Gasteiger partial charge is 0.264 e. The van der Waals surface area contributed by atoms with Gasteiger partial charge in [0.2, 0.25) is 0 Å². The number of nitrogens with zero attached hydrogens (tertiary/aromatic N) is 1. The maximum Gasteiger partial charge on any atom is 0.264 e.